The summed E-state index contributed by atoms with van der Waals surface area (Å²) in [5.74, 6) is 0. The molecule has 0 aliphatic rings. The topological polar surface area (TPSA) is 14.8 Å². The van der Waals surface area contributed by atoms with Crippen molar-refractivity contribution < 1.29 is 0 Å². The van der Waals surface area contributed by atoms with Gasteiger partial charge in [-0.15, -0.1) is 11.3 Å². The summed E-state index contributed by atoms with van der Waals surface area (Å²) in [5.41, 5.74) is 12.0. The highest BCUT2D eigenvalue weighted by Crippen LogP contribution is 2.46. The largest absolute Gasteiger partial charge is 0.309 e. The van der Waals surface area contributed by atoms with E-state index in [4.69, 9.17) is 0 Å². The van der Waals surface area contributed by atoms with Gasteiger partial charge in [0.1, 0.15) is 4.83 Å². The molecule has 54 heavy (non-hydrogen) atoms. The Hall–Kier alpha value is -6.88. The van der Waals surface area contributed by atoms with Crippen LogP contribution in [-0.4, -0.2) is 13.7 Å². The van der Waals surface area contributed by atoms with Crippen molar-refractivity contribution in [3.63, 3.8) is 0 Å². The highest BCUT2D eigenvalue weighted by molar-refractivity contribution is 7.25. The average Bonchev–Trinajstić information content (AvgIpc) is 3.96. The zero-order chi connectivity index (χ0) is 35.3. The fourth-order valence-electron chi connectivity index (χ4n) is 8.88. The summed E-state index contributed by atoms with van der Waals surface area (Å²) in [6, 6.07) is 68.8. The van der Waals surface area contributed by atoms with Gasteiger partial charge in [0.15, 0.2) is 0 Å². The van der Waals surface area contributed by atoms with E-state index in [-0.39, 0.29) is 0 Å². The molecule has 3 nitrogen and oxygen atoms in total. The number of para-hydroxylation sites is 4. The SMILES string of the molecule is c1ccc(-n2c3ccccc3c3cc(-c4ccc5c(c4)c4cc6c7c8ccccc8sc7n(-c7ccccc7)c6cc4n5-c4ccccc4)ccc32)cc1. The van der Waals surface area contributed by atoms with Gasteiger partial charge in [-0.05, 0) is 96.1 Å². The van der Waals surface area contributed by atoms with Gasteiger partial charge >= 0.3 is 0 Å². The fraction of sp³-hybridized carbons (Fsp3) is 0. The summed E-state index contributed by atoms with van der Waals surface area (Å²) < 4.78 is 8.60. The Balaban J connectivity index is 1.15. The lowest BCUT2D eigenvalue weighted by atomic mass is 10.00. The van der Waals surface area contributed by atoms with Crippen molar-refractivity contribution in [3.05, 3.63) is 188 Å². The molecule has 0 aliphatic carbocycles. The predicted octanol–water partition coefficient (Wildman–Crippen LogP) is 13.9. The Kier molecular flexibility index (Phi) is 6.21. The van der Waals surface area contributed by atoms with Crippen molar-refractivity contribution in [1.82, 2.24) is 13.7 Å². The Morgan fingerprint density at radius 2 is 0.759 bits per heavy atom. The Morgan fingerprint density at radius 3 is 1.41 bits per heavy atom. The molecule has 0 bridgehead atoms. The predicted molar refractivity (Wildman–Crippen MR) is 230 cm³/mol. The molecule has 0 radical (unpaired) electrons. The summed E-state index contributed by atoms with van der Waals surface area (Å²) in [4.78, 5) is 1.28. The van der Waals surface area contributed by atoms with Crippen LogP contribution in [0, 0.1) is 0 Å². The van der Waals surface area contributed by atoms with Gasteiger partial charge in [-0.2, -0.15) is 0 Å². The minimum Gasteiger partial charge on any atom is -0.309 e. The van der Waals surface area contributed by atoms with Crippen molar-refractivity contribution in [3.8, 4) is 28.2 Å². The van der Waals surface area contributed by atoms with Gasteiger partial charge in [0.25, 0.3) is 0 Å². The third kappa shape index (κ3) is 4.17. The highest BCUT2D eigenvalue weighted by atomic mass is 32.1. The smallest absolute Gasteiger partial charge is 0.109 e. The van der Waals surface area contributed by atoms with Crippen LogP contribution in [0.15, 0.2) is 188 Å². The third-order valence-electron chi connectivity index (χ3n) is 11.2. The summed E-state index contributed by atoms with van der Waals surface area (Å²) in [5, 5.41) is 8.95. The quantitative estimate of drug-likeness (QED) is 0.173. The van der Waals surface area contributed by atoms with E-state index >= 15 is 0 Å². The van der Waals surface area contributed by atoms with Crippen LogP contribution < -0.4 is 0 Å². The van der Waals surface area contributed by atoms with E-state index in [2.05, 4.69) is 202 Å². The minimum absolute atomic E-state index is 1.16. The number of nitrogens with zero attached hydrogens (tertiary/aromatic N) is 3. The van der Waals surface area contributed by atoms with Gasteiger partial charge in [0.05, 0.1) is 27.6 Å². The summed E-state index contributed by atoms with van der Waals surface area (Å²) in [6.07, 6.45) is 0. The Bertz CT molecular complexity index is 3420. The van der Waals surface area contributed by atoms with Crippen LogP contribution in [0.5, 0.6) is 0 Å². The molecule has 0 saturated heterocycles. The van der Waals surface area contributed by atoms with Crippen LogP contribution in [0.2, 0.25) is 0 Å². The highest BCUT2D eigenvalue weighted by Gasteiger charge is 2.22. The second-order valence-electron chi connectivity index (χ2n) is 14.2. The molecule has 0 spiro atoms. The van der Waals surface area contributed by atoms with Crippen molar-refractivity contribution in [2.75, 3.05) is 0 Å². The first-order chi connectivity index (χ1) is 26.8. The Labute approximate surface area is 314 Å². The lowest BCUT2D eigenvalue weighted by Crippen LogP contribution is -1.95. The molecule has 12 aromatic rings. The molecule has 0 atom stereocenters. The monoisotopic (exact) mass is 705 g/mol. The molecule has 252 valence electrons. The van der Waals surface area contributed by atoms with Crippen LogP contribution >= 0.6 is 11.3 Å². The van der Waals surface area contributed by atoms with E-state index in [9.17, 15) is 0 Å². The molecule has 0 aliphatic heterocycles. The first-order valence-electron chi connectivity index (χ1n) is 18.4. The van der Waals surface area contributed by atoms with E-state index in [1.807, 2.05) is 11.3 Å². The molecular weight excluding hydrogens is 675 g/mol. The first kappa shape index (κ1) is 29.7. The minimum atomic E-state index is 1.16. The van der Waals surface area contributed by atoms with E-state index in [0.29, 0.717) is 0 Å². The van der Waals surface area contributed by atoms with E-state index < -0.39 is 0 Å². The van der Waals surface area contributed by atoms with E-state index in [0.717, 1.165) is 5.69 Å². The number of aromatic nitrogens is 3. The maximum atomic E-state index is 2.47. The maximum Gasteiger partial charge on any atom is 0.109 e. The molecule has 0 unspecified atom stereocenters. The zero-order valence-corrected chi connectivity index (χ0v) is 30.0. The first-order valence-corrected chi connectivity index (χ1v) is 19.3. The maximum absolute atomic E-state index is 2.47. The van der Waals surface area contributed by atoms with Crippen LogP contribution in [-0.2, 0) is 0 Å². The molecule has 8 aromatic carbocycles. The molecular formula is C50H31N3S. The van der Waals surface area contributed by atoms with Gasteiger partial charge in [-0.3, -0.25) is 0 Å². The average molecular weight is 706 g/mol. The third-order valence-corrected chi connectivity index (χ3v) is 12.4. The molecule has 4 heteroatoms. The fourth-order valence-corrected chi connectivity index (χ4v) is 10.1. The van der Waals surface area contributed by atoms with Gasteiger partial charge in [-0.25, -0.2) is 0 Å². The lowest BCUT2D eigenvalue weighted by Gasteiger charge is -2.10. The zero-order valence-electron chi connectivity index (χ0n) is 29.1. The van der Waals surface area contributed by atoms with Gasteiger partial charge < -0.3 is 13.7 Å². The van der Waals surface area contributed by atoms with Crippen molar-refractivity contribution in [1.29, 1.82) is 0 Å². The summed E-state index contributed by atoms with van der Waals surface area (Å²) in [6.45, 7) is 0. The molecule has 4 heterocycles. The van der Waals surface area contributed by atoms with Gasteiger partial charge in [0, 0.05) is 59.5 Å². The van der Waals surface area contributed by atoms with Crippen molar-refractivity contribution in [2.24, 2.45) is 0 Å². The van der Waals surface area contributed by atoms with Gasteiger partial charge in [-0.1, -0.05) is 103 Å². The van der Waals surface area contributed by atoms with Crippen LogP contribution in [0.3, 0.4) is 0 Å². The van der Waals surface area contributed by atoms with Crippen LogP contribution in [0.4, 0.5) is 0 Å². The number of benzene rings is 8. The molecule has 0 N–H and O–H groups in total. The van der Waals surface area contributed by atoms with Crippen molar-refractivity contribution >= 4 is 86.2 Å². The van der Waals surface area contributed by atoms with Crippen LogP contribution in [0.1, 0.15) is 0 Å². The normalized spacial score (nSPS) is 12.1. The number of hydrogen-bond acceptors (Lipinski definition) is 1. The Morgan fingerprint density at radius 1 is 0.296 bits per heavy atom. The van der Waals surface area contributed by atoms with Crippen LogP contribution in [0.25, 0.3) is 103 Å². The van der Waals surface area contributed by atoms with Gasteiger partial charge in [0.2, 0.25) is 0 Å². The standard InChI is InChI=1S/C50H31N3S/c1-4-14-34(15-5-1)51-43-22-12-10-20-37(43)39-28-32(24-26-44(39)51)33-25-27-45-40(29-33)41-30-42-47(31-46(41)52(45)35-16-6-2-7-17-35)53(36-18-8-3-9-19-36)50-49(42)38-21-11-13-23-48(38)54-50/h1-31H. The van der Waals surface area contributed by atoms with Crippen molar-refractivity contribution in [2.45, 2.75) is 0 Å². The molecule has 12 rings (SSSR count). The summed E-state index contributed by atoms with van der Waals surface area (Å²) in [7, 11) is 0. The summed E-state index contributed by atoms with van der Waals surface area (Å²) >= 11 is 1.88. The number of hydrogen-bond donors (Lipinski definition) is 0. The molecule has 4 aromatic heterocycles. The van der Waals surface area contributed by atoms with E-state index in [1.165, 1.54) is 97.3 Å². The number of fused-ring (bicyclic) bond motifs is 11. The molecule has 0 fully saturated rings. The second kappa shape index (κ2) is 11.3. The number of thiophene rings is 1. The second-order valence-corrected chi connectivity index (χ2v) is 15.2. The lowest BCUT2D eigenvalue weighted by molar-refractivity contribution is 1.17. The van der Waals surface area contributed by atoms with E-state index in [1.54, 1.807) is 0 Å². The number of rotatable bonds is 4. The molecule has 0 amide bonds. The molecule has 0 saturated carbocycles.